The van der Waals surface area contributed by atoms with E-state index < -0.39 is 54.9 Å². The maximum absolute atomic E-state index is 13.2. The van der Waals surface area contributed by atoms with Gasteiger partial charge in [-0.25, -0.2) is 4.79 Å². The molecule has 2 aromatic carbocycles. The predicted molar refractivity (Wildman–Crippen MR) is 157 cm³/mol. The lowest BCUT2D eigenvalue weighted by molar-refractivity contribution is -0.121. The van der Waals surface area contributed by atoms with Crippen molar-refractivity contribution in [3.05, 3.63) is 66.2 Å². The number of hydrogen-bond acceptors (Lipinski definition) is 9. The topological polar surface area (TPSA) is 142 Å². The molecule has 2 rings (SSSR count). The SMILES string of the molecule is CC(C)(CCC(=O)[C@H](Cc1ccccc1)NC(=O)OC(C)(C)C)COS(=O)(=O)CCCS(=O)(=O)Oc1ccccc1. The molecule has 0 aromatic heterocycles. The van der Waals surface area contributed by atoms with Crippen molar-refractivity contribution >= 4 is 32.1 Å². The van der Waals surface area contributed by atoms with Crippen LogP contribution in [0.4, 0.5) is 4.79 Å². The molecule has 1 N–H and O–H groups in total. The number of carbonyl (C=O) groups is 2. The first-order valence-electron chi connectivity index (χ1n) is 13.4. The molecule has 41 heavy (non-hydrogen) atoms. The van der Waals surface area contributed by atoms with Gasteiger partial charge in [-0.2, -0.15) is 16.8 Å². The lowest BCUT2D eigenvalue weighted by Crippen LogP contribution is -2.45. The average Bonchev–Trinajstić information content (AvgIpc) is 2.85. The monoisotopic (exact) mass is 611 g/mol. The Kier molecular flexibility index (Phi) is 12.3. The summed E-state index contributed by atoms with van der Waals surface area (Å²) >= 11 is 0. The van der Waals surface area contributed by atoms with E-state index in [1.807, 2.05) is 30.3 Å². The maximum atomic E-state index is 13.2. The molecule has 1 amide bonds. The van der Waals surface area contributed by atoms with Crippen LogP contribution < -0.4 is 9.50 Å². The number of amides is 1. The van der Waals surface area contributed by atoms with Crippen LogP contribution in [0.2, 0.25) is 0 Å². The number of ketones is 1. The largest absolute Gasteiger partial charge is 0.444 e. The normalized spacial score (nSPS) is 13.3. The number of alkyl carbamates (subject to hydrolysis) is 1. The Balaban J connectivity index is 1.88. The molecule has 228 valence electrons. The minimum atomic E-state index is -4.02. The Hall–Kier alpha value is -2.96. The van der Waals surface area contributed by atoms with Crippen LogP contribution in [0, 0.1) is 5.41 Å². The lowest BCUT2D eigenvalue weighted by Gasteiger charge is -2.26. The molecule has 12 heteroatoms. The summed E-state index contributed by atoms with van der Waals surface area (Å²) in [5, 5.41) is 2.67. The van der Waals surface area contributed by atoms with Gasteiger partial charge in [0.15, 0.2) is 5.78 Å². The van der Waals surface area contributed by atoms with Crippen molar-refractivity contribution in [2.45, 2.75) is 71.9 Å². The van der Waals surface area contributed by atoms with E-state index >= 15 is 0 Å². The molecule has 0 radical (unpaired) electrons. The van der Waals surface area contributed by atoms with Crippen molar-refractivity contribution in [2.75, 3.05) is 18.1 Å². The number of para-hydroxylation sites is 1. The lowest BCUT2D eigenvalue weighted by atomic mass is 9.86. The van der Waals surface area contributed by atoms with Crippen LogP contribution in [0.5, 0.6) is 5.75 Å². The van der Waals surface area contributed by atoms with Crippen molar-refractivity contribution in [1.29, 1.82) is 0 Å². The number of rotatable bonds is 16. The van der Waals surface area contributed by atoms with E-state index in [0.29, 0.717) is 6.42 Å². The van der Waals surface area contributed by atoms with E-state index in [0.717, 1.165) is 5.56 Å². The summed E-state index contributed by atoms with van der Waals surface area (Å²) in [6.45, 7) is 8.53. The van der Waals surface area contributed by atoms with Gasteiger partial charge in [0.05, 0.1) is 24.2 Å². The molecule has 0 aliphatic carbocycles. The first kappa shape index (κ1) is 34.2. The Morgan fingerprint density at radius 3 is 1.98 bits per heavy atom. The fraction of sp³-hybridized carbons (Fsp3) is 0.517. The van der Waals surface area contributed by atoms with Crippen LogP contribution in [-0.4, -0.2) is 58.5 Å². The van der Waals surface area contributed by atoms with Gasteiger partial charge in [-0.3, -0.25) is 8.98 Å². The summed E-state index contributed by atoms with van der Waals surface area (Å²) in [7, 11) is -7.98. The quantitative estimate of drug-likeness (QED) is 0.269. The minimum absolute atomic E-state index is 0.0682. The van der Waals surface area contributed by atoms with E-state index in [9.17, 15) is 26.4 Å². The summed E-state index contributed by atoms with van der Waals surface area (Å²) < 4.78 is 64.6. The second-order valence-electron chi connectivity index (χ2n) is 11.6. The van der Waals surface area contributed by atoms with E-state index in [1.54, 1.807) is 52.8 Å². The number of carbonyl (C=O) groups excluding carboxylic acids is 2. The van der Waals surface area contributed by atoms with Gasteiger partial charge in [0.1, 0.15) is 11.4 Å². The zero-order valence-electron chi connectivity index (χ0n) is 24.3. The Labute approximate surface area is 244 Å². The van der Waals surface area contributed by atoms with Gasteiger partial charge in [0.2, 0.25) is 0 Å². The molecule has 2 aromatic rings. The first-order valence-corrected chi connectivity index (χ1v) is 16.5. The van der Waals surface area contributed by atoms with E-state index in [2.05, 4.69) is 5.32 Å². The van der Waals surface area contributed by atoms with Crippen LogP contribution in [0.3, 0.4) is 0 Å². The summed E-state index contributed by atoms with van der Waals surface area (Å²) in [6, 6.07) is 16.4. The fourth-order valence-corrected chi connectivity index (χ4v) is 5.92. The molecule has 0 bridgehead atoms. The third-order valence-electron chi connectivity index (χ3n) is 5.79. The third-order valence-corrected chi connectivity index (χ3v) is 8.30. The number of nitrogens with one attached hydrogen (secondary N) is 1. The summed E-state index contributed by atoms with van der Waals surface area (Å²) in [5.41, 5.74) is -0.560. The zero-order chi connectivity index (χ0) is 30.7. The molecule has 1 atom stereocenters. The van der Waals surface area contributed by atoms with Crippen LogP contribution >= 0.6 is 0 Å². The smallest absolute Gasteiger partial charge is 0.408 e. The Morgan fingerprint density at radius 1 is 0.829 bits per heavy atom. The van der Waals surface area contributed by atoms with Gasteiger partial charge < -0.3 is 14.2 Å². The predicted octanol–water partition coefficient (Wildman–Crippen LogP) is 4.64. The molecule has 0 heterocycles. The van der Waals surface area contributed by atoms with Crippen molar-refractivity contribution in [2.24, 2.45) is 5.41 Å². The number of Topliss-reactive ketones (excluding diaryl/α,β-unsaturated/α-hetero) is 1. The molecule has 0 unspecified atom stereocenters. The average molecular weight is 612 g/mol. The molecule has 0 aliphatic rings. The highest BCUT2D eigenvalue weighted by atomic mass is 32.2. The van der Waals surface area contributed by atoms with Crippen molar-refractivity contribution in [3.63, 3.8) is 0 Å². The number of ether oxygens (including phenoxy) is 1. The van der Waals surface area contributed by atoms with Gasteiger partial charge in [-0.15, -0.1) is 0 Å². The van der Waals surface area contributed by atoms with Gasteiger partial charge in [-0.1, -0.05) is 62.4 Å². The van der Waals surface area contributed by atoms with Crippen molar-refractivity contribution in [1.82, 2.24) is 5.32 Å². The van der Waals surface area contributed by atoms with Crippen molar-refractivity contribution < 1.29 is 39.5 Å². The maximum Gasteiger partial charge on any atom is 0.408 e. The number of benzene rings is 2. The Morgan fingerprint density at radius 2 is 1.39 bits per heavy atom. The Bertz CT molecular complexity index is 1340. The van der Waals surface area contributed by atoms with Gasteiger partial charge in [0.25, 0.3) is 10.1 Å². The van der Waals surface area contributed by atoms with Gasteiger partial charge >= 0.3 is 16.2 Å². The molecular weight excluding hydrogens is 570 g/mol. The van der Waals surface area contributed by atoms with Crippen LogP contribution in [0.25, 0.3) is 0 Å². The molecule has 0 saturated heterocycles. The van der Waals surface area contributed by atoms with Crippen LogP contribution in [-0.2, 0) is 40.4 Å². The summed E-state index contributed by atoms with van der Waals surface area (Å²) in [5.74, 6) is -1.07. The second-order valence-corrected chi connectivity index (χ2v) is 15.0. The van der Waals surface area contributed by atoms with Crippen molar-refractivity contribution in [3.8, 4) is 5.75 Å². The van der Waals surface area contributed by atoms with E-state index in [4.69, 9.17) is 13.1 Å². The van der Waals surface area contributed by atoms with Gasteiger partial charge in [-0.05, 0) is 63.1 Å². The molecule has 10 nitrogen and oxygen atoms in total. The molecular formula is C29H41NO9S2. The third kappa shape index (κ3) is 14.5. The van der Waals surface area contributed by atoms with Gasteiger partial charge in [0, 0.05) is 6.42 Å². The minimum Gasteiger partial charge on any atom is -0.444 e. The standard InChI is InChI=1S/C29H41NO9S2/c1-28(2,3)38-27(32)30-25(21-23-13-8-6-9-14-23)26(31)17-18-29(4,5)22-37-40(33,34)19-12-20-41(35,36)39-24-15-10-7-11-16-24/h6-11,13-16,25H,12,17-22H2,1-5H3,(H,30,32)/t25-/m0/s1. The first-order chi connectivity index (χ1) is 19.0. The number of hydrogen-bond donors (Lipinski definition) is 1. The highest BCUT2D eigenvalue weighted by molar-refractivity contribution is 7.87. The molecule has 0 fully saturated rings. The highest BCUT2D eigenvalue weighted by Gasteiger charge is 2.28. The molecule has 0 aliphatic heterocycles. The van der Waals surface area contributed by atoms with Crippen LogP contribution in [0.1, 0.15) is 59.4 Å². The second kappa shape index (κ2) is 14.8. The fourth-order valence-electron chi connectivity index (χ4n) is 3.64. The zero-order valence-corrected chi connectivity index (χ0v) is 25.9. The molecule has 0 spiro atoms. The summed E-state index contributed by atoms with van der Waals surface area (Å²) in [4.78, 5) is 25.6. The highest BCUT2D eigenvalue weighted by Crippen LogP contribution is 2.25. The van der Waals surface area contributed by atoms with E-state index in [-0.39, 0.29) is 37.4 Å². The van der Waals surface area contributed by atoms with E-state index in [1.165, 1.54) is 12.1 Å². The van der Waals surface area contributed by atoms with Crippen LogP contribution in [0.15, 0.2) is 60.7 Å². The molecule has 0 saturated carbocycles. The summed E-state index contributed by atoms with van der Waals surface area (Å²) in [6.07, 6.45) is -0.257.